The summed E-state index contributed by atoms with van der Waals surface area (Å²) in [6, 6.07) is 17.4. The van der Waals surface area contributed by atoms with Crippen LogP contribution < -0.4 is 0 Å². The molecule has 2 aromatic carbocycles. The maximum Gasteiger partial charge on any atom is 0.243 e. The molecular weight excluding hydrogens is 342 g/mol. The van der Waals surface area contributed by atoms with E-state index in [1.54, 1.807) is 16.4 Å². The van der Waals surface area contributed by atoms with Gasteiger partial charge < -0.3 is 0 Å². The highest BCUT2D eigenvalue weighted by Crippen LogP contribution is 2.52. The molecule has 1 atom stereocenters. The minimum Gasteiger partial charge on any atom is -0.207 e. The quantitative estimate of drug-likeness (QED) is 0.756. The lowest BCUT2D eigenvalue weighted by Crippen LogP contribution is -2.34. The fraction of sp³-hybridized carbons (Fsp3) is 0.455. The molecule has 1 aliphatic heterocycles. The minimum absolute atomic E-state index is 0.0550. The average Bonchev–Trinajstić information content (AvgIpc) is 3.03. The van der Waals surface area contributed by atoms with Gasteiger partial charge in [0.15, 0.2) is 0 Å². The van der Waals surface area contributed by atoms with E-state index in [-0.39, 0.29) is 11.5 Å². The number of hydrogen-bond donors (Lipinski definition) is 0. The second-order valence-corrected chi connectivity index (χ2v) is 9.95. The standard InChI is InChI=1S/C22H27NO2S/c1-18-10-12-20(13-11-18)26(24,25)23-17-22(14-6-3-7-15-22)16-21(23)19-8-4-2-5-9-19/h2,4-5,8-13,21H,3,6-7,14-17H2,1H3. The van der Waals surface area contributed by atoms with Gasteiger partial charge in [0.25, 0.3) is 0 Å². The van der Waals surface area contributed by atoms with Crippen LogP contribution in [0.3, 0.4) is 0 Å². The number of nitrogens with zero attached hydrogens (tertiary/aromatic N) is 1. The SMILES string of the molecule is Cc1ccc(S(=O)(=O)N2CC3(CCCCC3)CC2c2ccccc2)cc1. The molecule has 1 saturated heterocycles. The zero-order valence-corrected chi connectivity index (χ0v) is 16.2. The van der Waals surface area contributed by atoms with Gasteiger partial charge in [-0.15, -0.1) is 0 Å². The third-order valence-corrected chi connectivity index (χ3v) is 8.06. The summed E-state index contributed by atoms with van der Waals surface area (Å²) in [6.45, 7) is 2.64. The molecule has 0 N–H and O–H groups in total. The Bertz CT molecular complexity index is 853. The van der Waals surface area contributed by atoms with Crippen molar-refractivity contribution in [2.75, 3.05) is 6.54 Å². The van der Waals surface area contributed by atoms with E-state index in [1.807, 2.05) is 37.3 Å². The summed E-state index contributed by atoms with van der Waals surface area (Å²) >= 11 is 0. The summed E-state index contributed by atoms with van der Waals surface area (Å²) in [5, 5.41) is 0. The van der Waals surface area contributed by atoms with Crippen molar-refractivity contribution >= 4 is 10.0 Å². The lowest BCUT2D eigenvalue weighted by molar-refractivity contribution is 0.205. The van der Waals surface area contributed by atoms with E-state index in [1.165, 1.54) is 19.3 Å². The van der Waals surface area contributed by atoms with Gasteiger partial charge >= 0.3 is 0 Å². The van der Waals surface area contributed by atoms with Crippen LogP contribution in [-0.2, 0) is 10.0 Å². The Kier molecular flexibility index (Phi) is 4.66. The Morgan fingerprint density at radius 3 is 2.23 bits per heavy atom. The normalized spacial score (nSPS) is 23.3. The largest absolute Gasteiger partial charge is 0.243 e. The second-order valence-electron chi connectivity index (χ2n) is 8.05. The highest BCUT2D eigenvalue weighted by molar-refractivity contribution is 7.89. The van der Waals surface area contributed by atoms with Crippen molar-refractivity contribution in [3.8, 4) is 0 Å². The van der Waals surface area contributed by atoms with E-state index in [0.717, 1.165) is 30.4 Å². The highest BCUT2D eigenvalue weighted by Gasteiger charge is 2.49. The summed E-state index contributed by atoms with van der Waals surface area (Å²) < 4.78 is 28.8. The van der Waals surface area contributed by atoms with Crippen LogP contribution in [0.4, 0.5) is 0 Å². The molecule has 26 heavy (non-hydrogen) atoms. The molecule has 1 unspecified atom stereocenters. The molecule has 1 heterocycles. The van der Waals surface area contributed by atoms with E-state index in [0.29, 0.717) is 11.4 Å². The van der Waals surface area contributed by atoms with Crippen LogP contribution in [0.15, 0.2) is 59.5 Å². The Morgan fingerprint density at radius 2 is 1.58 bits per heavy atom. The van der Waals surface area contributed by atoms with E-state index in [2.05, 4.69) is 12.1 Å². The van der Waals surface area contributed by atoms with Crippen molar-refractivity contribution in [3.63, 3.8) is 0 Å². The molecule has 2 aromatic rings. The van der Waals surface area contributed by atoms with E-state index in [9.17, 15) is 8.42 Å². The molecule has 0 aromatic heterocycles. The Morgan fingerprint density at radius 1 is 0.923 bits per heavy atom. The van der Waals surface area contributed by atoms with Crippen LogP contribution in [0.25, 0.3) is 0 Å². The average molecular weight is 370 g/mol. The van der Waals surface area contributed by atoms with Crippen LogP contribution in [-0.4, -0.2) is 19.3 Å². The van der Waals surface area contributed by atoms with Gasteiger partial charge in [-0.3, -0.25) is 0 Å². The Balaban J connectivity index is 1.74. The first-order chi connectivity index (χ1) is 12.5. The number of benzene rings is 2. The molecule has 1 aliphatic carbocycles. The van der Waals surface area contributed by atoms with Gasteiger partial charge in [-0.05, 0) is 49.3 Å². The number of hydrogen-bond acceptors (Lipinski definition) is 2. The number of rotatable bonds is 3. The van der Waals surface area contributed by atoms with Crippen LogP contribution >= 0.6 is 0 Å². The lowest BCUT2D eigenvalue weighted by Gasteiger charge is -2.33. The van der Waals surface area contributed by atoms with Crippen LogP contribution in [0.2, 0.25) is 0 Å². The zero-order valence-electron chi connectivity index (χ0n) is 15.4. The molecule has 2 fully saturated rings. The zero-order chi connectivity index (χ0) is 18.2. The predicted octanol–water partition coefficient (Wildman–Crippen LogP) is 5.08. The van der Waals surface area contributed by atoms with Crippen LogP contribution in [0.1, 0.15) is 55.7 Å². The third kappa shape index (κ3) is 3.21. The molecule has 4 rings (SSSR count). The van der Waals surface area contributed by atoms with Gasteiger partial charge in [0.05, 0.1) is 10.9 Å². The van der Waals surface area contributed by atoms with Crippen molar-refractivity contribution in [2.45, 2.75) is 56.4 Å². The fourth-order valence-electron chi connectivity index (χ4n) is 4.74. The van der Waals surface area contributed by atoms with Crippen molar-refractivity contribution < 1.29 is 8.42 Å². The maximum atomic E-state index is 13.5. The summed E-state index contributed by atoms with van der Waals surface area (Å²) in [7, 11) is -3.49. The van der Waals surface area contributed by atoms with Crippen molar-refractivity contribution in [2.24, 2.45) is 5.41 Å². The lowest BCUT2D eigenvalue weighted by atomic mass is 9.72. The summed E-state index contributed by atoms with van der Waals surface area (Å²) in [5.41, 5.74) is 2.34. The molecule has 138 valence electrons. The number of aryl methyl sites for hydroxylation is 1. The molecule has 4 heteroatoms. The van der Waals surface area contributed by atoms with Crippen LogP contribution in [0.5, 0.6) is 0 Å². The predicted molar refractivity (Wildman–Crippen MR) is 104 cm³/mol. The first kappa shape index (κ1) is 17.7. The summed E-state index contributed by atoms with van der Waals surface area (Å²) in [4.78, 5) is 0.414. The van der Waals surface area contributed by atoms with Crippen molar-refractivity contribution in [3.05, 3.63) is 65.7 Å². The Hall–Kier alpha value is -1.65. The first-order valence-corrected chi connectivity index (χ1v) is 11.1. The van der Waals surface area contributed by atoms with Gasteiger partial charge in [0, 0.05) is 6.54 Å². The Labute approximate surface area is 157 Å². The van der Waals surface area contributed by atoms with Gasteiger partial charge in [-0.1, -0.05) is 67.3 Å². The fourth-order valence-corrected chi connectivity index (χ4v) is 6.46. The van der Waals surface area contributed by atoms with E-state index >= 15 is 0 Å². The molecule has 2 aliphatic rings. The third-order valence-electron chi connectivity index (χ3n) is 6.19. The molecular formula is C22H27NO2S. The first-order valence-electron chi connectivity index (χ1n) is 9.64. The highest BCUT2D eigenvalue weighted by atomic mass is 32.2. The maximum absolute atomic E-state index is 13.5. The van der Waals surface area contributed by atoms with E-state index in [4.69, 9.17) is 0 Å². The molecule has 0 radical (unpaired) electrons. The van der Waals surface area contributed by atoms with Gasteiger partial charge in [0.1, 0.15) is 0 Å². The summed E-state index contributed by atoms with van der Waals surface area (Å²) in [6.07, 6.45) is 6.97. The van der Waals surface area contributed by atoms with Crippen LogP contribution in [0, 0.1) is 12.3 Å². The molecule has 0 amide bonds. The molecule has 1 spiro atoms. The van der Waals surface area contributed by atoms with Crippen molar-refractivity contribution in [1.29, 1.82) is 0 Å². The second kappa shape index (κ2) is 6.82. The van der Waals surface area contributed by atoms with Gasteiger partial charge in [-0.2, -0.15) is 4.31 Å². The smallest absolute Gasteiger partial charge is 0.207 e. The number of sulfonamides is 1. The monoisotopic (exact) mass is 369 g/mol. The summed E-state index contributed by atoms with van der Waals surface area (Å²) in [5.74, 6) is 0. The van der Waals surface area contributed by atoms with E-state index < -0.39 is 10.0 Å². The topological polar surface area (TPSA) is 37.4 Å². The molecule has 0 bridgehead atoms. The van der Waals surface area contributed by atoms with Gasteiger partial charge in [-0.25, -0.2) is 8.42 Å². The van der Waals surface area contributed by atoms with Gasteiger partial charge in [0.2, 0.25) is 10.0 Å². The molecule has 3 nitrogen and oxygen atoms in total. The van der Waals surface area contributed by atoms with Crippen molar-refractivity contribution in [1.82, 2.24) is 4.31 Å². The minimum atomic E-state index is -3.49. The molecule has 1 saturated carbocycles.